The van der Waals surface area contributed by atoms with E-state index in [0.717, 1.165) is 18.4 Å². The molecule has 0 aliphatic heterocycles. The molecule has 0 aromatic heterocycles. The number of carbonyl (C=O) groups is 1. The van der Waals surface area contributed by atoms with Crippen LogP contribution < -0.4 is 11.1 Å². The molecule has 0 spiro atoms. The number of hydrogen-bond acceptors (Lipinski definition) is 4. The van der Waals surface area contributed by atoms with Crippen molar-refractivity contribution >= 4 is 11.6 Å². The van der Waals surface area contributed by atoms with Crippen LogP contribution in [0.3, 0.4) is 0 Å². The monoisotopic (exact) mass is 280 g/mol. The molecule has 3 N–H and O–H groups in total. The third-order valence-corrected chi connectivity index (χ3v) is 2.79. The SMILES string of the molecule is COCCOCCCCNC(=O)Cc1cccc(N)c1. The molecule has 0 saturated heterocycles. The molecule has 0 aliphatic rings. The molecule has 5 heteroatoms. The number of nitrogens with one attached hydrogen (secondary N) is 1. The fraction of sp³-hybridized carbons (Fsp3) is 0.533. The van der Waals surface area contributed by atoms with Gasteiger partial charge in [0.2, 0.25) is 5.91 Å². The van der Waals surface area contributed by atoms with Crippen molar-refractivity contribution in [2.75, 3.05) is 39.2 Å². The first-order valence-corrected chi connectivity index (χ1v) is 6.90. The van der Waals surface area contributed by atoms with Crippen molar-refractivity contribution < 1.29 is 14.3 Å². The molecule has 0 unspecified atom stereocenters. The fourth-order valence-corrected chi connectivity index (χ4v) is 1.75. The minimum absolute atomic E-state index is 0.0240. The van der Waals surface area contributed by atoms with Gasteiger partial charge in [0.1, 0.15) is 0 Å². The van der Waals surface area contributed by atoms with Crippen LogP contribution in [0.4, 0.5) is 5.69 Å². The van der Waals surface area contributed by atoms with E-state index in [4.69, 9.17) is 15.2 Å². The van der Waals surface area contributed by atoms with Gasteiger partial charge in [0.05, 0.1) is 19.6 Å². The number of ether oxygens (including phenoxy) is 2. The molecule has 112 valence electrons. The Balaban J connectivity index is 2.03. The van der Waals surface area contributed by atoms with Gasteiger partial charge in [-0.25, -0.2) is 0 Å². The number of anilines is 1. The Morgan fingerprint density at radius 1 is 1.25 bits per heavy atom. The first-order valence-electron chi connectivity index (χ1n) is 6.90. The van der Waals surface area contributed by atoms with Gasteiger partial charge in [-0.1, -0.05) is 12.1 Å². The second kappa shape index (κ2) is 10.2. The van der Waals surface area contributed by atoms with Crippen molar-refractivity contribution in [3.05, 3.63) is 29.8 Å². The van der Waals surface area contributed by atoms with E-state index < -0.39 is 0 Å². The lowest BCUT2D eigenvalue weighted by molar-refractivity contribution is -0.120. The Labute approximate surface area is 120 Å². The number of rotatable bonds is 10. The van der Waals surface area contributed by atoms with Crippen molar-refractivity contribution in [3.8, 4) is 0 Å². The quantitative estimate of drug-likeness (QED) is 0.501. The van der Waals surface area contributed by atoms with Crippen molar-refractivity contribution in [1.29, 1.82) is 0 Å². The van der Waals surface area contributed by atoms with E-state index in [9.17, 15) is 4.79 Å². The Hall–Kier alpha value is -1.59. The Morgan fingerprint density at radius 2 is 2.10 bits per heavy atom. The van der Waals surface area contributed by atoms with Crippen LogP contribution in [0.2, 0.25) is 0 Å². The average molecular weight is 280 g/mol. The smallest absolute Gasteiger partial charge is 0.224 e. The fourth-order valence-electron chi connectivity index (χ4n) is 1.75. The van der Waals surface area contributed by atoms with Gasteiger partial charge < -0.3 is 20.5 Å². The van der Waals surface area contributed by atoms with Gasteiger partial charge in [0, 0.05) is 25.9 Å². The summed E-state index contributed by atoms with van der Waals surface area (Å²) < 4.78 is 10.2. The van der Waals surface area contributed by atoms with Gasteiger partial charge in [-0.2, -0.15) is 0 Å². The number of amides is 1. The van der Waals surface area contributed by atoms with Gasteiger partial charge in [-0.05, 0) is 30.5 Å². The average Bonchev–Trinajstić information content (AvgIpc) is 2.42. The minimum atomic E-state index is 0.0240. The van der Waals surface area contributed by atoms with Gasteiger partial charge >= 0.3 is 0 Å². The van der Waals surface area contributed by atoms with Crippen molar-refractivity contribution in [2.24, 2.45) is 0 Å². The molecule has 0 bridgehead atoms. The highest BCUT2D eigenvalue weighted by Crippen LogP contribution is 2.06. The zero-order valence-electron chi connectivity index (χ0n) is 12.1. The molecular formula is C15H24N2O3. The molecule has 0 saturated carbocycles. The number of nitrogens with two attached hydrogens (primary N) is 1. The maximum Gasteiger partial charge on any atom is 0.224 e. The summed E-state index contributed by atoms with van der Waals surface area (Å²) in [6.45, 7) is 2.62. The van der Waals surface area contributed by atoms with Crippen molar-refractivity contribution in [1.82, 2.24) is 5.32 Å². The summed E-state index contributed by atoms with van der Waals surface area (Å²) in [5.41, 5.74) is 7.29. The third-order valence-electron chi connectivity index (χ3n) is 2.79. The Bertz CT molecular complexity index is 396. The maximum absolute atomic E-state index is 11.7. The van der Waals surface area contributed by atoms with E-state index >= 15 is 0 Å². The van der Waals surface area contributed by atoms with Gasteiger partial charge in [-0.15, -0.1) is 0 Å². The summed E-state index contributed by atoms with van der Waals surface area (Å²) in [5, 5.41) is 2.89. The van der Waals surface area contributed by atoms with Crippen LogP contribution in [-0.4, -0.2) is 39.4 Å². The highest BCUT2D eigenvalue weighted by atomic mass is 16.5. The van der Waals surface area contributed by atoms with E-state index in [2.05, 4.69) is 5.32 Å². The molecule has 1 aromatic carbocycles. The lowest BCUT2D eigenvalue weighted by Gasteiger charge is -2.06. The summed E-state index contributed by atoms with van der Waals surface area (Å²) in [6.07, 6.45) is 2.22. The van der Waals surface area contributed by atoms with E-state index in [1.165, 1.54) is 0 Å². The number of unbranched alkanes of at least 4 members (excludes halogenated alkanes) is 1. The van der Waals surface area contributed by atoms with Crippen LogP contribution in [-0.2, 0) is 20.7 Å². The molecule has 0 atom stereocenters. The van der Waals surface area contributed by atoms with E-state index in [-0.39, 0.29) is 5.91 Å². The summed E-state index contributed by atoms with van der Waals surface area (Å²) in [6, 6.07) is 7.39. The van der Waals surface area contributed by atoms with Crippen LogP contribution >= 0.6 is 0 Å². The van der Waals surface area contributed by atoms with E-state index in [1.807, 2.05) is 24.3 Å². The van der Waals surface area contributed by atoms with Gasteiger partial charge in [0.15, 0.2) is 0 Å². The predicted molar refractivity (Wildman–Crippen MR) is 79.5 cm³/mol. The normalized spacial score (nSPS) is 10.4. The number of methoxy groups -OCH3 is 1. The Kier molecular flexibility index (Phi) is 8.42. The zero-order chi connectivity index (χ0) is 14.6. The molecule has 1 rings (SSSR count). The van der Waals surface area contributed by atoms with Crippen LogP contribution in [0.5, 0.6) is 0 Å². The van der Waals surface area contributed by atoms with Crippen LogP contribution in [0.15, 0.2) is 24.3 Å². The largest absolute Gasteiger partial charge is 0.399 e. The summed E-state index contributed by atoms with van der Waals surface area (Å²) in [5.74, 6) is 0.0240. The number of nitrogen functional groups attached to an aromatic ring is 1. The third kappa shape index (κ3) is 7.76. The number of hydrogen-bond donors (Lipinski definition) is 2. The molecule has 0 heterocycles. The molecule has 0 radical (unpaired) electrons. The van der Waals surface area contributed by atoms with Crippen LogP contribution in [0.1, 0.15) is 18.4 Å². The van der Waals surface area contributed by atoms with Crippen LogP contribution in [0.25, 0.3) is 0 Å². The first-order chi connectivity index (χ1) is 9.72. The number of carbonyl (C=O) groups excluding carboxylic acids is 1. The predicted octanol–water partition coefficient (Wildman–Crippen LogP) is 1.37. The second-order valence-electron chi connectivity index (χ2n) is 4.58. The topological polar surface area (TPSA) is 73.6 Å². The molecule has 20 heavy (non-hydrogen) atoms. The van der Waals surface area contributed by atoms with Crippen molar-refractivity contribution in [2.45, 2.75) is 19.3 Å². The summed E-state index contributed by atoms with van der Waals surface area (Å²) in [4.78, 5) is 11.7. The van der Waals surface area contributed by atoms with E-state index in [1.54, 1.807) is 7.11 Å². The molecule has 1 aromatic rings. The van der Waals surface area contributed by atoms with Gasteiger partial charge in [-0.3, -0.25) is 4.79 Å². The molecular weight excluding hydrogens is 256 g/mol. The first kappa shape index (κ1) is 16.5. The zero-order valence-corrected chi connectivity index (χ0v) is 12.1. The second-order valence-corrected chi connectivity index (χ2v) is 4.58. The molecule has 1 amide bonds. The lowest BCUT2D eigenvalue weighted by atomic mass is 10.1. The summed E-state index contributed by atoms with van der Waals surface area (Å²) in [7, 11) is 1.65. The van der Waals surface area contributed by atoms with E-state index in [0.29, 0.717) is 38.5 Å². The van der Waals surface area contributed by atoms with Gasteiger partial charge in [0.25, 0.3) is 0 Å². The van der Waals surface area contributed by atoms with Crippen LogP contribution in [0, 0.1) is 0 Å². The standard InChI is InChI=1S/C15H24N2O3/c1-19-9-10-20-8-3-2-7-17-15(18)12-13-5-4-6-14(16)11-13/h4-6,11H,2-3,7-10,12,16H2,1H3,(H,17,18). The lowest BCUT2D eigenvalue weighted by Crippen LogP contribution is -2.26. The highest BCUT2D eigenvalue weighted by Gasteiger charge is 2.02. The Morgan fingerprint density at radius 3 is 2.85 bits per heavy atom. The molecule has 5 nitrogen and oxygen atoms in total. The highest BCUT2D eigenvalue weighted by molar-refractivity contribution is 5.78. The summed E-state index contributed by atoms with van der Waals surface area (Å²) >= 11 is 0. The van der Waals surface area contributed by atoms with Crippen molar-refractivity contribution in [3.63, 3.8) is 0 Å². The maximum atomic E-state index is 11.7. The molecule has 0 aliphatic carbocycles. The molecule has 0 fully saturated rings. The minimum Gasteiger partial charge on any atom is -0.399 e. The number of benzene rings is 1.